The second-order valence-corrected chi connectivity index (χ2v) is 4.74. The van der Waals surface area contributed by atoms with E-state index in [0.717, 1.165) is 18.4 Å². The van der Waals surface area contributed by atoms with Gasteiger partial charge in [-0.05, 0) is 25.3 Å². The first-order valence-electron chi connectivity index (χ1n) is 6.93. The van der Waals surface area contributed by atoms with Crippen LogP contribution in [0.4, 0.5) is 0 Å². The number of hydrogen-bond donors (Lipinski definition) is 0. The molecular formula is C16H24O2. The molecule has 0 saturated carbocycles. The second kappa shape index (κ2) is 7.91. The molecule has 0 bridgehead atoms. The van der Waals surface area contributed by atoms with Crippen molar-refractivity contribution < 1.29 is 9.53 Å². The molecule has 1 aromatic rings. The summed E-state index contributed by atoms with van der Waals surface area (Å²) in [6.45, 7) is 6.08. The highest BCUT2D eigenvalue weighted by molar-refractivity contribution is 5.69. The summed E-state index contributed by atoms with van der Waals surface area (Å²) in [5.41, 5.74) is 2.33. The van der Waals surface area contributed by atoms with Crippen LogP contribution in [0.2, 0.25) is 0 Å². The van der Waals surface area contributed by atoms with Crippen molar-refractivity contribution in [1.29, 1.82) is 0 Å². The van der Waals surface area contributed by atoms with E-state index < -0.39 is 0 Å². The third kappa shape index (κ3) is 4.91. The molecule has 0 spiro atoms. The lowest BCUT2D eigenvalue weighted by Crippen LogP contribution is -2.10. The van der Waals surface area contributed by atoms with Crippen LogP contribution in [0, 0.1) is 6.92 Å². The molecule has 2 heteroatoms. The first kappa shape index (κ1) is 14.7. The van der Waals surface area contributed by atoms with Crippen molar-refractivity contribution in [3.63, 3.8) is 0 Å². The van der Waals surface area contributed by atoms with Gasteiger partial charge in [0.25, 0.3) is 0 Å². The maximum atomic E-state index is 11.5. The number of esters is 1. The smallest absolute Gasteiger partial charge is 0.306 e. The molecule has 0 fully saturated rings. The summed E-state index contributed by atoms with van der Waals surface area (Å²) < 4.78 is 5.55. The van der Waals surface area contributed by atoms with Crippen LogP contribution in [0.3, 0.4) is 0 Å². The maximum Gasteiger partial charge on any atom is 0.306 e. The Balaban J connectivity index is 2.72. The molecule has 0 amide bonds. The summed E-state index contributed by atoms with van der Waals surface area (Å²) in [4.78, 5) is 11.5. The zero-order valence-corrected chi connectivity index (χ0v) is 11.7. The summed E-state index contributed by atoms with van der Waals surface area (Å²) in [7, 11) is 0. The predicted octanol–water partition coefficient (Wildman–Crippen LogP) is 4.57. The van der Waals surface area contributed by atoms with Gasteiger partial charge < -0.3 is 4.74 Å². The van der Waals surface area contributed by atoms with E-state index in [1.165, 1.54) is 18.4 Å². The third-order valence-electron chi connectivity index (χ3n) is 3.05. The molecule has 0 radical (unpaired) electrons. The quantitative estimate of drug-likeness (QED) is 0.522. The van der Waals surface area contributed by atoms with Gasteiger partial charge in [-0.1, -0.05) is 56.5 Å². The Morgan fingerprint density at radius 1 is 1.28 bits per heavy atom. The average molecular weight is 248 g/mol. The first-order valence-corrected chi connectivity index (χ1v) is 6.93. The number of unbranched alkanes of at least 4 members (excludes halogenated alkanes) is 2. The fraction of sp³-hybridized carbons (Fsp3) is 0.562. The molecule has 0 N–H and O–H groups in total. The molecule has 0 aliphatic heterocycles. The minimum absolute atomic E-state index is 0.0797. The summed E-state index contributed by atoms with van der Waals surface area (Å²) in [5, 5.41) is 0. The number of benzene rings is 1. The summed E-state index contributed by atoms with van der Waals surface area (Å²) in [6.07, 6.45) is 4.75. The summed E-state index contributed by atoms with van der Waals surface area (Å²) in [6, 6.07) is 8.25. The zero-order valence-electron chi connectivity index (χ0n) is 11.7. The van der Waals surface area contributed by atoms with Crippen molar-refractivity contribution in [3.8, 4) is 0 Å². The normalized spacial score (nSPS) is 12.2. The van der Waals surface area contributed by atoms with Crippen molar-refractivity contribution in [2.75, 3.05) is 0 Å². The van der Waals surface area contributed by atoms with Crippen molar-refractivity contribution in [2.24, 2.45) is 0 Å². The van der Waals surface area contributed by atoms with Gasteiger partial charge in [-0.15, -0.1) is 0 Å². The summed E-state index contributed by atoms with van der Waals surface area (Å²) in [5.74, 6) is -0.113. The molecule has 0 aromatic heterocycles. The number of ether oxygens (including phenoxy) is 1. The number of hydrogen-bond acceptors (Lipinski definition) is 2. The number of carbonyl (C=O) groups excluding carboxylic acids is 1. The van der Waals surface area contributed by atoms with Gasteiger partial charge in [0, 0.05) is 6.42 Å². The van der Waals surface area contributed by atoms with Gasteiger partial charge in [-0.2, -0.15) is 0 Å². The molecule has 1 unspecified atom stereocenters. The number of aryl methyl sites for hydroxylation is 1. The van der Waals surface area contributed by atoms with Crippen LogP contribution in [0.1, 0.15) is 63.2 Å². The van der Waals surface area contributed by atoms with E-state index in [9.17, 15) is 4.79 Å². The predicted molar refractivity (Wildman–Crippen MR) is 74.4 cm³/mol. The molecule has 1 aromatic carbocycles. The Morgan fingerprint density at radius 2 is 2.06 bits per heavy atom. The molecule has 100 valence electrons. The lowest BCUT2D eigenvalue weighted by Gasteiger charge is -2.18. The largest absolute Gasteiger partial charge is 0.457 e. The fourth-order valence-electron chi connectivity index (χ4n) is 1.99. The zero-order chi connectivity index (χ0) is 13.4. The van der Waals surface area contributed by atoms with Gasteiger partial charge in [0.1, 0.15) is 6.10 Å². The van der Waals surface area contributed by atoms with Crippen molar-refractivity contribution in [2.45, 2.75) is 59.0 Å². The third-order valence-corrected chi connectivity index (χ3v) is 3.05. The average Bonchev–Trinajstić information content (AvgIpc) is 2.37. The van der Waals surface area contributed by atoms with Crippen LogP contribution in [-0.2, 0) is 9.53 Å². The van der Waals surface area contributed by atoms with Gasteiger partial charge in [-0.25, -0.2) is 0 Å². The Labute approximate surface area is 110 Å². The minimum atomic E-state index is -0.113. The Bertz CT molecular complexity index is 371. The van der Waals surface area contributed by atoms with E-state index in [0.29, 0.717) is 6.42 Å². The van der Waals surface area contributed by atoms with Crippen LogP contribution in [0.25, 0.3) is 0 Å². The lowest BCUT2D eigenvalue weighted by molar-refractivity contribution is -0.149. The first-order chi connectivity index (χ1) is 8.67. The standard InChI is InChI=1S/C16H24O2/c1-4-6-7-11-15(18-16(17)5-2)14-10-8-9-13(3)12-14/h8-10,12,15H,4-7,11H2,1-3H3. The highest BCUT2D eigenvalue weighted by Crippen LogP contribution is 2.25. The molecule has 0 aliphatic rings. The van der Waals surface area contributed by atoms with Gasteiger partial charge in [-0.3, -0.25) is 4.79 Å². The highest BCUT2D eigenvalue weighted by atomic mass is 16.5. The van der Waals surface area contributed by atoms with Crippen LogP contribution in [0.15, 0.2) is 24.3 Å². The van der Waals surface area contributed by atoms with Gasteiger partial charge >= 0.3 is 5.97 Å². The Kier molecular flexibility index (Phi) is 6.48. The van der Waals surface area contributed by atoms with Crippen LogP contribution in [-0.4, -0.2) is 5.97 Å². The second-order valence-electron chi connectivity index (χ2n) is 4.74. The number of carbonyl (C=O) groups is 1. The van der Waals surface area contributed by atoms with E-state index in [1.54, 1.807) is 0 Å². The van der Waals surface area contributed by atoms with Gasteiger partial charge in [0.15, 0.2) is 0 Å². The lowest BCUT2D eigenvalue weighted by atomic mass is 10.0. The molecule has 1 atom stereocenters. The Hall–Kier alpha value is -1.31. The van der Waals surface area contributed by atoms with Gasteiger partial charge in [0.2, 0.25) is 0 Å². The molecule has 1 rings (SSSR count). The molecular weight excluding hydrogens is 224 g/mol. The number of rotatable bonds is 7. The van der Waals surface area contributed by atoms with E-state index in [-0.39, 0.29) is 12.1 Å². The molecule has 0 aliphatic carbocycles. The summed E-state index contributed by atoms with van der Waals surface area (Å²) >= 11 is 0. The maximum absolute atomic E-state index is 11.5. The van der Waals surface area contributed by atoms with Crippen LogP contribution in [0.5, 0.6) is 0 Å². The van der Waals surface area contributed by atoms with E-state index >= 15 is 0 Å². The molecule has 0 saturated heterocycles. The molecule has 2 nitrogen and oxygen atoms in total. The molecule has 0 heterocycles. The van der Waals surface area contributed by atoms with Crippen LogP contribution < -0.4 is 0 Å². The van der Waals surface area contributed by atoms with Crippen molar-refractivity contribution in [1.82, 2.24) is 0 Å². The fourth-order valence-corrected chi connectivity index (χ4v) is 1.99. The van der Waals surface area contributed by atoms with Crippen molar-refractivity contribution >= 4 is 5.97 Å². The topological polar surface area (TPSA) is 26.3 Å². The highest BCUT2D eigenvalue weighted by Gasteiger charge is 2.15. The van der Waals surface area contributed by atoms with E-state index in [2.05, 4.69) is 26.0 Å². The SMILES string of the molecule is CCCCCC(OC(=O)CC)c1cccc(C)c1. The minimum Gasteiger partial charge on any atom is -0.457 e. The van der Waals surface area contributed by atoms with Gasteiger partial charge in [0.05, 0.1) is 0 Å². The van der Waals surface area contributed by atoms with E-state index in [4.69, 9.17) is 4.74 Å². The Morgan fingerprint density at radius 3 is 2.67 bits per heavy atom. The molecule has 18 heavy (non-hydrogen) atoms. The van der Waals surface area contributed by atoms with E-state index in [1.807, 2.05) is 19.1 Å². The monoisotopic (exact) mass is 248 g/mol. The van der Waals surface area contributed by atoms with Crippen LogP contribution >= 0.6 is 0 Å². The van der Waals surface area contributed by atoms with Crippen molar-refractivity contribution in [3.05, 3.63) is 35.4 Å².